The maximum Gasteiger partial charge on any atom is 0.223 e. The second kappa shape index (κ2) is 7.93. The summed E-state index contributed by atoms with van der Waals surface area (Å²) in [7, 11) is 0. The Balaban J connectivity index is 0.00000242. The second-order valence-electron chi connectivity index (χ2n) is 6.73. The van der Waals surface area contributed by atoms with Gasteiger partial charge in [0.25, 0.3) is 0 Å². The van der Waals surface area contributed by atoms with E-state index in [1.807, 2.05) is 13.8 Å². The highest BCUT2D eigenvalue weighted by Gasteiger charge is 2.27. The Morgan fingerprint density at radius 2 is 1.95 bits per heavy atom. The van der Waals surface area contributed by atoms with E-state index in [0.29, 0.717) is 6.54 Å². The monoisotopic (exact) mass is 328 g/mol. The molecule has 1 saturated carbocycles. The smallest absolute Gasteiger partial charge is 0.223 e. The first-order chi connectivity index (χ1) is 9.88. The molecule has 0 radical (unpaired) electrons. The Bertz CT molecular complexity index is 490. The molecule has 0 heterocycles. The minimum atomic E-state index is -0.241. The first kappa shape index (κ1) is 18.9. The van der Waals surface area contributed by atoms with Gasteiger partial charge in [-0.2, -0.15) is 0 Å². The van der Waals surface area contributed by atoms with E-state index in [9.17, 15) is 9.18 Å². The van der Waals surface area contributed by atoms with Gasteiger partial charge in [-0.1, -0.05) is 32.4 Å². The van der Waals surface area contributed by atoms with Crippen molar-refractivity contribution in [2.45, 2.75) is 51.0 Å². The second-order valence-corrected chi connectivity index (χ2v) is 6.73. The molecule has 124 valence electrons. The summed E-state index contributed by atoms with van der Waals surface area (Å²) >= 11 is 0. The Hall–Kier alpha value is -1.13. The normalized spacial score (nSPS) is 21.8. The average molecular weight is 329 g/mol. The number of nitrogens with two attached hydrogens (primary N) is 1. The van der Waals surface area contributed by atoms with Gasteiger partial charge in [-0.05, 0) is 37.0 Å². The highest BCUT2D eigenvalue weighted by molar-refractivity contribution is 5.85. The van der Waals surface area contributed by atoms with Gasteiger partial charge in [-0.15, -0.1) is 12.4 Å². The SMILES string of the molecule is CC(C)(CNC(=O)C1CCCC(N)C1)c1ccc(F)cc1.Cl. The first-order valence-electron chi connectivity index (χ1n) is 7.68. The lowest BCUT2D eigenvalue weighted by Gasteiger charge is -2.29. The topological polar surface area (TPSA) is 55.1 Å². The van der Waals surface area contributed by atoms with Crippen LogP contribution in [-0.2, 0) is 10.2 Å². The zero-order valence-electron chi connectivity index (χ0n) is 13.3. The standard InChI is InChI=1S/C17H25FN2O.ClH/c1-17(2,13-6-8-14(18)9-7-13)11-20-16(21)12-4-3-5-15(19)10-12;/h6-9,12,15H,3-5,10-11,19H2,1-2H3,(H,20,21);1H. The fraction of sp³-hybridized carbons (Fsp3) is 0.588. The highest BCUT2D eigenvalue weighted by atomic mass is 35.5. The minimum Gasteiger partial charge on any atom is -0.355 e. The predicted octanol–water partition coefficient (Wildman–Crippen LogP) is 3.16. The summed E-state index contributed by atoms with van der Waals surface area (Å²) in [5.41, 5.74) is 6.73. The van der Waals surface area contributed by atoms with Gasteiger partial charge in [0, 0.05) is 23.9 Å². The van der Waals surface area contributed by atoms with E-state index < -0.39 is 0 Å². The molecule has 1 aliphatic carbocycles. The van der Waals surface area contributed by atoms with E-state index in [2.05, 4.69) is 5.32 Å². The molecule has 1 amide bonds. The van der Waals surface area contributed by atoms with E-state index in [0.717, 1.165) is 31.2 Å². The van der Waals surface area contributed by atoms with Gasteiger partial charge in [-0.25, -0.2) is 4.39 Å². The van der Waals surface area contributed by atoms with Gasteiger partial charge in [0.05, 0.1) is 0 Å². The van der Waals surface area contributed by atoms with E-state index in [1.165, 1.54) is 12.1 Å². The van der Waals surface area contributed by atoms with E-state index in [4.69, 9.17) is 5.73 Å². The molecular weight excluding hydrogens is 303 g/mol. The molecule has 3 nitrogen and oxygen atoms in total. The van der Waals surface area contributed by atoms with Crippen LogP contribution in [0.15, 0.2) is 24.3 Å². The number of carbonyl (C=O) groups excluding carboxylic acids is 1. The average Bonchev–Trinajstić information content (AvgIpc) is 2.45. The van der Waals surface area contributed by atoms with Crippen molar-refractivity contribution in [3.8, 4) is 0 Å². The van der Waals surface area contributed by atoms with Crippen molar-refractivity contribution in [2.24, 2.45) is 11.7 Å². The summed E-state index contributed by atoms with van der Waals surface area (Å²) in [4.78, 5) is 12.2. The molecule has 3 N–H and O–H groups in total. The van der Waals surface area contributed by atoms with Crippen molar-refractivity contribution in [1.29, 1.82) is 0 Å². The minimum absolute atomic E-state index is 0. The van der Waals surface area contributed by atoms with E-state index in [-0.39, 0.29) is 41.5 Å². The van der Waals surface area contributed by atoms with Crippen LogP contribution in [0.25, 0.3) is 0 Å². The third-order valence-electron chi connectivity index (χ3n) is 4.42. The molecule has 5 heteroatoms. The molecule has 1 aromatic rings. The van der Waals surface area contributed by atoms with Gasteiger partial charge in [-0.3, -0.25) is 4.79 Å². The van der Waals surface area contributed by atoms with Crippen LogP contribution in [0.1, 0.15) is 45.1 Å². The molecule has 2 rings (SSSR count). The highest BCUT2D eigenvalue weighted by Crippen LogP contribution is 2.25. The fourth-order valence-electron chi connectivity index (χ4n) is 2.92. The van der Waals surface area contributed by atoms with Crippen molar-refractivity contribution in [1.82, 2.24) is 5.32 Å². The fourth-order valence-corrected chi connectivity index (χ4v) is 2.92. The first-order valence-corrected chi connectivity index (χ1v) is 7.68. The Morgan fingerprint density at radius 1 is 1.32 bits per heavy atom. The Labute approximate surface area is 138 Å². The van der Waals surface area contributed by atoms with Gasteiger partial charge in [0.15, 0.2) is 0 Å². The zero-order chi connectivity index (χ0) is 15.5. The van der Waals surface area contributed by atoms with Gasteiger partial charge >= 0.3 is 0 Å². The number of halogens is 2. The summed E-state index contributed by atoms with van der Waals surface area (Å²) in [6, 6.07) is 6.62. The summed E-state index contributed by atoms with van der Waals surface area (Å²) in [5, 5.41) is 3.04. The Kier molecular flexibility index (Phi) is 6.82. The van der Waals surface area contributed by atoms with Crippen molar-refractivity contribution in [2.75, 3.05) is 6.54 Å². The number of hydrogen-bond acceptors (Lipinski definition) is 2. The number of amides is 1. The third-order valence-corrected chi connectivity index (χ3v) is 4.42. The van der Waals surface area contributed by atoms with Crippen LogP contribution in [0.3, 0.4) is 0 Å². The summed E-state index contributed by atoms with van der Waals surface area (Å²) in [6.07, 6.45) is 3.75. The van der Waals surface area contributed by atoms with Crippen LogP contribution in [0.4, 0.5) is 4.39 Å². The summed E-state index contributed by atoms with van der Waals surface area (Å²) < 4.78 is 13.0. The molecule has 2 unspecified atom stereocenters. The molecule has 22 heavy (non-hydrogen) atoms. The molecule has 0 saturated heterocycles. The third kappa shape index (κ3) is 4.96. The molecule has 0 bridgehead atoms. The molecule has 1 fully saturated rings. The van der Waals surface area contributed by atoms with Crippen molar-refractivity contribution in [3.63, 3.8) is 0 Å². The maximum absolute atomic E-state index is 13.0. The molecule has 0 spiro atoms. The lowest BCUT2D eigenvalue weighted by molar-refractivity contribution is -0.126. The van der Waals surface area contributed by atoms with E-state index in [1.54, 1.807) is 12.1 Å². The van der Waals surface area contributed by atoms with Gasteiger partial charge in [0.1, 0.15) is 5.82 Å². The zero-order valence-corrected chi connectivity index (χ0v) is 14.1. The number of rotatable bonds is 4. The predicted molar refractivity (Wildman–Crippen MR) is 89.6 cm³/mol. The number of hydrogen-bond donors (Lipinski definition) is 2. The van der Waals surface area contributed by atoms with E-state index >= 15 is 0 Å². The number of benzene rings is 1. The molecule has 0 aliphatic heterocycles. The van der Waals surface area contributed by atoms with Crippen LogP contribution in [0.5, 0.6) is 0 Å². The number of carbonyl (C=O) groups is 1. The van der Waals surface area contributed by atoms with Crippen LogP contribution in [0.2, 0.25) is 0 Å². The van der Waals surface area contributed by atoms with Crippen molar-refractivity contribution >= 4 is 18.3 Å². The summed E-state index contributed by atoms with van der Waals surface area (Å²) in [5.74, 6) is -0.104. The molecule has 1 aromatic carbocycles. The molecular formula is C17H26ClFN2O. The van der Waals surface area contributed by atoms with Gasteiger partial charge < -0.3 is 11.1 Å². The maximum atomic E-state index is 13.0. The van der Waals surface area contributed by atoms with Crippen LogP contribution in [-0.4, -0.2) is 18.5 Å². The van der Waals surface area contributed by atoms with Crippen LogP contribution in [0, 0.1) is 11.7 Å². The number of nitrogens with one attached hydrogen (secondary N) is 1. The molecule has 0 aromatic heterocycles. The van der Waals surface area contributed by atoms with Crippen molar-refractivity contribution in [3.05, 3.63) is 35.6 Å². The van der Waals surface area contributed by atoms with Gasteiger partial charge in [0.2, 0.25) is 5.91 Å². The van der Waals surface area contributed by atoms with Crippen LogP contribution < -0.4 is 11.1 Å². The quantitative estimate of drug-likeness (QED) is 0.892. The van der Waals surface area contributed by atoms with Crippen LogP contribution >= 0.6 is 12.4 Å². The lowest BCUT2D eigenvalue weighted by atomic mass is 9.83. The largest absolute Gasteiger partial charge is 0.355 e. The lowest BCUT2D eigenvalue weighted by Crippen LogP contribution is -2.42. The van der Waals surface area contributed by atoms with Crippen molar-refractivity contribution < 1.29 is 9.18 Å². The Morgan fingerprint density at radius 3 is 2.55 bits per heavy atom. The molecule has 2 atom stereocenters. The molecule has 1 aliphatic rings. The summed E-state index contributed by atoms with van der Waals surface area (Å²) in [6.45, 7) is 4.64.